The molecule has 4 N–H and O–H groups in total. The number of carbonyl (C=O) groups excluding carboxylic acids is 1. The molecule has 1 fully saturated rings. The minimum absolute atomic E-state index is 0.00544. The number of halogens is 1. The summed E-state index contributed by atoms with van der Waals surface area (Å²) in [6, 6.07) is 13.3. The Kier molecular flexibility index (Phi) is 6.91. The van der Waals surface area contributed by atoms with E-state index < -0.39 is 0 Å². The molecule has 0 spiro atoms. The number of nitrogens with one attached hydrogen (secondary N) is 2. The number of aromatic nitrogens is 4. The zero-order valence-electron chi connectivity index (χ0n) is 17.7. The van der Waals surface area contributed by atoms with Crippen molar-refractivity contribution in [2.24, 2.45) is 5.92 Å². The second-order valence-electron chi connectivity index (χ2n) is 7.70. The number of benzene rings is 1. The van der Waals surface area contributed by atoms with Gasteiger partial charge in [-0.05, 0) is 73.1 Å². The maximum atomic E-state index is 12.6. The number of para-hydroxylation sites is 1. The van der Waals surface area contributed by atoms with E-state index >= 15 is 0 Å². The molecule has 166 valence electrons. The predicted molar refractivity (Wildman–Crippen MR) is 127 cm³/mol. The third-order valence-electron chi connectivity index (χ3n) is 5.50. The second kappa shape index (κ2) is 10.0. The van der Waals surface area contributed by atoms with E-state index in [-0.39, 0.29) is 23.8 Å². The van der Waals surface area contributed by atoms with Crippen molar-refractivity contribution in [2.45, 2.75) is 25.8 Å². The Balaban J connectivity index is 1.36. The first kappa shape index (κ1) is 22.1. The van der Waals surface area contributed by atoms with Crippen molar-refractivity contribution in [3.8, 4) is 0 Å². The number of hydrogen-bond donors (Lipinski definition) is 3. The Morgan fingerprint density at radius 2 is 1.88 bits per heavy atom. The quantitative estimate of drug-likeness (QED) is 0.471. The van der Waals surface area contributed by atoms with E-state index in [0.29, 0.717) is 17.6 Å². The van der Waals surface area contributed by atoms with Gasteiger partial charge in [-0.3, -0.25) is 9.69 Å². The van der Waals surface area contributed by atoms with E-state index in [2.05, 4.69) is 51.4 Å². The van der Waals surface area contributed by atoms with Gasteiger partial charge in [0.05, 0.1) is 6.04 Å². The molecular formula is C22H25BrN8O. The molecule has 3 aromatic rings. The van der Waals surface area contributed by atoms with Crippen LogP contribution in [0.25, 0.3) is 0 Å². The van der Waals surface area contributed by atoms with E-state index in [1.165, 1.54) is 0 Å². The molecule has 1 saturated heterocycles. The zero-order valence-corrected chi connectivity index (χ0v) is 19.3. The number of nitrogen functional groups attached to an aromatic ring is 1. The highest BCUT2D eigenvalue weighted by molar-refractivity contribution is 9.10. The van der Waals surface area contributed by atoms with Crippen LogP contribution < -0.4 is 16.4 Å². The lowest BCUT2D eigenvalue weighted by Gasteiger charge is -2.34. The summed E-state index contributed by atoms with van der Waals surface area (Å²) in [6.45, 7) is 3.58. The fourth-order valence-corrected chi connectivity index (χ4v) is 3.93. The molecule has 1 amide bonds. The first-order valence-electron chi connectivity index (χ1n) is 10.5. The average Bonchev–Trinajstić information content (AvgIpc) is 2.80. The van der Waals surface area contributed by atoms with Crippen LogP contribution in [0.15, 0.2) is 53.1 Å². The number of carbonyl (C=O) groups is 1. The van der Waals surface area contributed by atoms with Gasteiger partial charge in [-0.15, -0.1) is 0 Å². The van der Waals surface area contributed by atoms with Crippen LogP contribution in [0.2, 0.25) is 0 Å². The van der Waals surface area contributed by atoms with Crippen LogP contribution in [0.4, 0.5) is 23.4 Å². The van der Waals surface area contributed by atoms with Gasteiger partial charge in [-0.1, -0.05) is 18.2 Å². The third-order valence-corrected chi connectivity index (χ3v) is 5.97. The smallest absolute Gasteiger partial charge is 0.232 e. The van der Waals surface area contributed by atoms with E-state index in [1.54, 1.807) is 12.3 Å². The second-order valence-corrected chi connectivity index (χ2v) is 8.62. The standard InChI is InChI=1S/C22H25BrN8O/c1-14(19-28-21(24)30-22(29-19)26-17-5-3-2-4-6-17)31-11-9-15(10-12-31)20(32)27-18-8-7-16(23)13-25-18/h2-8,13-15H,9-12H2,1H3,(H,25,27,32)(H3,24,26,28,29,30). The molecule has 3 heterocycles. The highest BCUT2D eigenvalue weighted by Gasteiger charge is 2.29. The van der Waals surface area contributed by atoms with Gasteiger partial charge in [0.1, 0.15) is 5.82 Å². The van der Waals surface area contributed by atoms with E-state index in [0.717, 1.165) is 36.1 Å². The lowest BCUT2D eigenvalue weighted by molar-refractivity contribution is -0.121. The van der Waals surface area contributed by atoms with Crippen molar-refractivity contribution in [3.05, 3.63) is 59.0 Å². The zero-order chi connectivity index (χ0) is 22.5. The molecule has 1 aliphatic heterocycles. The van der Waals surface area contributed by atoms with Crippen molar-refractivity contribution in [3.63, 3.8) is 0 Å². The molecule has 9 nitrogen and oxygen atoms in total. The van der Waals surface area contributed by atoms with Crippen molar-refractivity contribution < 1.29 is 4.79 Å². The highest BCUT2D eigenvalue weighted by atomic mass is 79.9. The predicted octanol–water partition coefficient (Wildman–Crippen LogP) is 3.77. The number of likely N-dealkylation sites (tertiary alicyclic amines) is 1. The van der Waals surface area contributed by atoms with Crippen molar-refractivity contribution in [2.75, 3.05) is 29.5 Å². The number of pyridine rings is 1. The van der Waals surface area contributed by atoms with Crippen molar-refractivity contribution >= 4 is 45.2 Å². The van der Waals surface area contributed by atoms with Gasteiger partial charge >= 0.3 is 0 Å². The van der Waals surface area contributed by atoms with Crippen LogP contribution in [-0.2, 0) is 4.79 Å². The van der Waals surface area contributed by atoms with E-state index in [9.17, 15) is 4.79 Å². The molecule has 4 rings (SSSR count). The summed E-state index contributed by atoms with van der Waals surface area (Å²) in [4.78, 5) is 32.2. The summed E-state index contributed by atoms with van der Waals surface area (Å²) in [6.07, 6.45) is 3.17. The van der Waals surface area contributed by atoms with Gasteiger partial charge in [0.25, 0.3) is 0 Å². The molecule has 1 unspecified atom stereocenters. The molecule has 2 aromatic heterocycles. The average molecular weight is 497 g/mol. The molecule has 32 heavy (non-hydrogen) atoms. The normalized spacial score (nSPS) is 15.8. The van der Waals surface area contributed by atoms with Crippen molar-refractivity contribution in [1.29, 1.82) is 0 Å². The third kappa shape index (κ3) is 5.57. The van der Waals surface area contributed by atoms with Crippen LogP contribution >= 0.6 is 15.9 Å². The molecular weight excluding hydrogens is 472 g/mol. The van der Waals surface area contributed by atoms with Crippen LogP contribution in [0.1, 0.15) is 31.6 Å². The molecule has 1 atom stereocenters. The maximum absolute atomic E-state index is 12.6. The monoisotopic (exact) mass is 496 g/mol. The van der Waals surface area contributed by atoms with Gasteiger partial charge < -0.3 is 16.4 Å². The number of anilines is 4. The number of rotatable bonds is 6. The Bertz CT molecular complexity index is 1060. The number of nitrogens with two attached hydrogens (primary N) is 1. The minimum Gasteiger partial charge on any atom is -0.368 e. The molecule has 0 bridgehead atoms. The highest BCUT2D eigenvalue weighted by Crippen LogP contribution is 2.27. The molecule has 0 aliphatic carbocycles. The topological polar surface area (TPSA) is 122 Å². The van der Waals surface area contributed by atoms with Gasteiger partial charge in [-0.25, -0.2) is 4.98 Å². The number of hydrogen-bond acceptors (Lipinski definition) is 8. The molecule has 1 aromatic carbocycles. The molecule has 10 heteroatoms. The first-order valence-corrected chi connectivity index (χ1v) is 11.3. The number of amides is 1. The SMILES string of the molecule is CC(c1nc(N)nc(Nc2ccccc2)n1)N1CCC(C(=O)Nc2ccc(Br)cn2)CC1. The fourth-order valence-electron chi connectivity index (χ4n) is 3.69. The van der Waals surface area contributed by atoms with Crippen molar-refractivity contribution in [1.82, 2.24) is 24.8 Å². The van der Waals surface area contributed by atoms with Crippen LogP contribution in [0.3, 0.4) is 0 Å². The number of nitrogens with zero attached hydrogens (tertiary/aromatic N) is 5. The van der Waals surface area contributed by atoms with Gasteiger partial charge in [0.2, 0.25) is 17.8 Å². The summed E-state index contributed by atoms with van der Waals surface area (Å²) in [5, 5.41) is 6.07. The molecule has 1 aliphatic rings. The maximum Gasteiger partial charge on any atom is 0.232 e. The Morgan fingerprint density at radius 1 is 1.12 bits per heavy atom. The van der Waals surface area contributed by atoms with Crippen LogP contribution in [0.5, 0.6) is 0 Å². The summed E-state index contributed by atoms with van der Waals surface area (Å²) >= 11 is 3.35. The van der Waals surface area contributed by atoms with Crippen LogP contribution in [-0.4, -0.2) is 43.8 Å². The molecule has 0 radical (unpaired) electrons. The summed E-state index contributed by atoms with van der Waals surface area (Å²) < 4.78 is 0.874. The Labute approximate surface area is 195 Å². The van der Waals surface area contributed by atoms with Gasteiger partial charge in [0, 0.05) is 22.3 Å². The fraction of sp³-hybridized carbons (Fsp3) is 0.318. The molecule has 0 saturated carbocycles. The summed E-state index contributed by atoms with van der Waals surface area (Å²) in [5.74, 6) is 1.72. The number of piperidine rings is 1. The first-order chi connectivity index (χ1) is 15.5. The van der Waals surface area contributed by atoms with Crippen LogP contribution in [0, 0.1) is 5.92 Å². The largest absolute Gasteiger partial charge is 0.368 e. The summed E-state index contributed by atoms with van der Waals surface area (Å²) in [5.41, 5.74) is 6.82. The van der Waals surface area contributed by atoms with Gasteiger partial charge in [0.15, 0.2) is 5.82 Å². The minimum atomic E-state index is -0.0531. The van der Waals surface area contributed by atoms with Gasteiger partial charge in [-0.2, -0.15) is 15.0 Å². The Hall–Kier alpha value is -3.11. The lowest BCUT2D eigenvalue weighted by Crippen LogP contribution is -2.40. The lowest BCUT2D eigenvalue weighted by atomic mass is 9.95. The Morgan fingerprint density at radius 3 is 2.56 bits per heavy atom. The van der Waals surface area contributed by atoms with E-state index in [4.69, 9.17) is 5.73 Å². The van der Waals surface area contributed by atoms with E-state index in [1.807, 2.05) is 43.3 Å². The summed E-state index contributed by atoms with van der Waals surface area (Å²) in [7, 11) is 0.